The number of ether oxygens (including phenoxy) is 1. The monoisotopic (exact) mass is 244 g/mol. The number of rotatable bonds is 2. The van der Waals surface area contributed by atoms with Crippen LogP contribution in [0.5, 0.6) is 5.75 Å². The average molecular weight is 244 g/mol. The fourth-order valence-electron chi connectivity index (χ4n) is 3.23. The summed E-state index contributed by atoms with van der Waals surface area (Å²) in [5, 5.41) is 0. The molecule has 1 atom stereocenters. The molecule has 96 valence electrons. The van der Waals surface area contributed by atoms with Gasteiger partial charge in [-0.15, -0.1) is 0 Å². The van der Waals surface area contributed by atoms with Gasteiger partial charge in [0.2, 0.25) is 0 Å². The van der Waals surface area contributed by atoms with Crippen molar-refractivity contribution in [3.8, 4) is 5.75 Å². The first-order chi connectivity index (χ1) is 8.84. The van der Waals surface area contributed by atoms with E-state index >= 15 is 0 Å². The normalized spacial score (nSPS) is 24.1. The largest absolute Gasteiger partial charge is 0.493 e. The third-order valence-corrected chi connectivity index (χ3v) is 4.29. The molecule has 3 rings (SSSR count). The predicted molar refractivity (Wildman–Crippen MR) is 70.7 cm³/mol. The van der Waals surface area contributed by atoms with Crippen molar-refractivity contribution in [1.82, 2.24) is 0 Å². The van der Waals surface area contributed by atoms with Crippen LogP contribution in [0.25, 0.3) is 0 Å². The van der Waals surface area contributed by atoms with Gasteiger partial charge in [-0.3, -0.25) is 4.79 Å². The van der Waals surface area contributed by atoms with Crippen LogP contribution >= 0.6 is 0 Å². The smallest absolute Gasteiger partial charge is 0.142 e. The van der Waals surface area contributed by atoms with Crippen molar-refractivity contribution in [2.45, 2.75) is 38.5 Å². The average Bonchev–Trinajstić information content (AvgIpc) is 2.47. The van der Waals surface area contributed by atoms with E-state index in [-0.39, 0.29) is 5.92 Å². The molecule has 0 N–H and O–H groups in total. The lowest BCUT2D eigenvalue weighted by atomic mass is 9.79. The van der Waals surface area contributed by atoms with Gasteiger partial charge in [-0.05, 0) is 30.9 Å². The van der Waals surface area contributed by atoms with E-state index in [0.29, 0.717) is 18.3 Å². The lowest BCUT2D eigenvalue weighted by Gasteiger charge is -2.29. The Morgan fingerprint density at radius 1 is 1.06 bits per heavy atom. The molecule has 1 aromatic carbocycles. The van der Waals surface area contributed by atoms with E-state index in [2.05, 4.69) is 6.07 Å². The second kappa shape index (κ2) is 5.13. The fraction of sp³-hybridized carbons (Fsp3) is 0.562. The Morgan fingerprint density at radius 3 is 2.67 bits per heavy atom. The molecule has 1 heterocycles. The number of hydrogen-bond donors (Lipinski definition) is 0. The van der Waals surface area contributed by atoms with Crippen LogP contribution in [0.2, 0.25) is 0 Å². The Morgan fingerprint density at radius 2 is 1.83 bits per heavy atom. The topological polar surface area (TPSA) is 26.3 Å². The number of para-hydroxylation sites is 1. The molecule has 1 unspecified atom stereocenters. The van der Waals surface area contributed by atoms with Gasteiger partial charge >= 0.3 is 0 Å². The van der Waals surface area contributed by atoms with Gasteiger partial charge in [0, 0.05) is 5.92 Å². The molecule has 0 bridgehead atoms. The van der Waals surface area contributed by atoms with E-state index in [4.69, 9.17) is 4.74 Å². The molecule has 1 aromatic rings. The summed E-state index contributed by atoms with van der Waals surface area (Å²) in [7, 11) is 0. The summed E-state index contributed by atoms with van der Waals surface area (Å²) >= 11 is 0. The van der Waals surface area contributed by atoms with Gasteiger partial charge in [-0.25, -0.2) is 0 Å². The maximum atomic E-state index is 12.5. The number of hydrogen-bond acceptors (Lipinski definition) is 2. The summed E-state index contributed by atoms with van der Waals surface area (Å²) in [6.45, 7) is 0.576. The fourth-order valence-corrected chi connectivity index (χ4v) is 3.23. The highest BCUT2D eigenvalue weighted by atomic mass is 16.5. The number of carbonyl (C=O) groups is 1. The van der Waals surface area contributed by atoms with Gasteiger partial charge in [-0.1, -0.05) is 37.5 Å². The quantitative estimate of drug-likeness (QED) is 0.797. The second-order valence-electron chi connectivity index (χ2n) is 5.56. The number of ketones is 1. The summed E-state index contributed by atoms with van der Waals surface area (Å²) in [5.74, 6) is 1.80. The highest BCUT2D eigenvalue weighted by Crippen LogP contribution is 2.32. The molecule has 1 aliphatic carbocycles. The zero-order valence-corrected chi connectivity index (χ0v) is 10.7. The van der Waals surface area contributed by atoms with Crippen molar-refractivity contribution in [1.29, 1.82) is 0 Å². The molecule has 0 amide bonds. The van der Waals surface area contributed by atoms with E-state index < -0.39 is 0 Å². The zero-order valence-electron chi connectivity index (χ0n) is 10.7. The maximum Gasteiger partial charge on any atom is 0.142 e. The van der Waals surface area contributed by atoms with Crippen molar-refractivity contribution < 1.29 is 9.53 Å². The van der Waals surface area contributed by atoms with E-state index in [0.717, 1.165) is 25.0 Å². The number of benzene rings is 1. The highest BCUT2D eigenvalue weighted by Gasteiger charge is 2.31. The van der Waals surface area contributed by atoms with Crippen LogP contribution in [-0.2, 0) is 11.2 Å². The summed E-state index contributed by atoms with van der Waals surface area (Å²) in [4.78, 5) is 12.5. The van der Waals surface area contributed by atoms with Crippen molar-refractivity contribution in [3.05, 3.63) is 29.8 Å². The minimum Gasteiger partial charge on any atom is -0.493 e. The van der Waals surface area contributed by atoms with Gasteiger partial charge in [0.1, 0.15) is 11.5 Å². The van der Waals surface area contributed by atoms with Crippen molar-refractivity contribution >= 4 is 5.78 Å². The third kappa shape index (κ3) is 2.29. The van der Waals surface area contributed by atoms with Crippen molar-refractivity contribution in [2.24, 2.45) is 11.8 Å². The molecule has 0 aromatic heterocycles. The molecular weight excluding hydrogens is 224 g/mol. The van der Waals surface area contributed by atoms with Crippen LogP contribution in [0.15, 0.2) is 24.3 Å². The van der Waals surface area contributed by atoms with Crippen LogP contribution < -0.4 is 4.74 Å². The minimum absolute atomic E-state index is 0.0861. The first kappa shape index (κ1) is 11.8. The van der Waals surface area contributed by atoms with Crippen LogP contribution in [0.1, 0.15) is 37.7 Å². The Kier molecular flexibility index (Phi) is 3.35. The Labute approximate surface area is 108 Å². The molecule has 0 spiro atoms. The first-order valence-electron chi connectivity index (χ1n) is 7.09. The van der Waals surface area contributed by atoms with Gasteiger partial charge in [0.25, 0.3) is 0 Å². The predicted octanol–water partition coefficient (Wildman–Crippen LogP) is 3.39. The van der Waals surface area contributed by atoms with E-state index in [1.165, 1.54) is 24.8 Å². The van der Waals surface area contributed by atoms with E-state index in [9.17, 15) is 4.79 Å². The molecule has 2 aliphatic rings. The van der Waals surface area contributed by atoms with Gasteiger partial charge in [0.15, 0.2) is 0 Å². The van der Waals surface area contributed by atoms with Crippen LogP contribution in [0.3, 0.4) is 0 Å². The Balaban J connectivity index is 1.69. The van der Waals surface area contributed by atoms with Gasteiger partial charge < -0.3 is 4.74 Å². The van der Waals surface area contributed by atoms with Gasteiger partial charge in [-0.2, -0.15) is 0 Å². The van der Waals surface area contributed by atoms with Crippen LogP contribution in [-0.4, -0.2) is 12.4 Å². The summed E-state index contributed by atoms with van der Waals surface area (Å²) in [6.07, 6.45) is 6.80. The molecule has 0 saturated heterocycles. The van der Waals surface area contributed by atoms with Crippen LogP contribution in [0.4, 0.5) is 0 Å². The number of fused-ring (bicyclic) bond motifs is 1. The Hall–Kier alpha value is -1.31. The molecule has 1 aliphatic heterocycles. The second-order valence-corrected chi connectivity index (χ2v) is 5.56. The van der Waals surface area contributed by atoms with Crippen molar-refractivity contribution in [3.63, 3.8) is 0 Å². The standard InChI is InChI=1S/C16H20O2/c17-16(12-6-2-1-3-7-12)14-10-13-8-4-5-9-15(13)18-11-14/h4-5,8-9,12,14H,1-3,6-7,10-11H2. The maximum absolute atomic E-state index is 12.5. The molecule has 18 heavy (non-hydrogen) atoms. The molecular formula is C16H20O2. The first-order valence-corrected chi connectivity index (χ1v) is 7.09. The SMILES string of the molecule is O=C(C1CCCCC1)C1COc2ccccc2C1. The highest BCUT2D eigenvalue weighted by molar-refractivity contribution is 5.84. The lowest BCUT2D eigenvalue weighted by Crippen LogP contribution is -2.33. The molecule has 2 nitrogen and oxygen atoms in total. The number of carbonyl (C=O) groups excluding carboxylic acids is 1. The molecule has 2 heteroatoms. The van der Waals surface area contributed by atoms with Crippen LogP contribution in [0, 0.1) is 11.8 Å². The summed E-state index contributed by atoms with van der Waals surface area (Å²) in [6, 6.07) is 8.09. The molecule has 1 saturated carbocycles. The Bertz CT molecular complexity index is 432. The number of Topliss-reactive ketones (excluding diaryl/α,β-unsaturated/α-hetero) is 1. The van der Waals surface area contributed by atoms with E-state index in [1.807, 2.05) is 18.2 Å². The lowest BCUT2D eigenvalue weighted by molar-refractivity contribution is -0.129. The van der Waals surface area contributed by atoms with Crippen molar-refractivity contribution in [2.75, 3.05) is 6.61 Å². The zero-order chi connectivity index (χ0) is 12.4. The molecule has 1 fully saturated rings. The summed E-state index contributed by atoms with van der Waals surface area (Å²) < 4.78 is 5.73. The minimum atomic E-state index is 0.0861. The van der Waals surface area contributed by atoms with Gasteiger partial charge in [0.05, 0.1) is 12.5 Å². The third-order valence-electron chi connectivity index (χ3n) is 4.29. The summed E-state index contributed by atoms with van der Waals surface area (Å²) in [5.41, 5.74) is 1.19. The van der Waals surface area contributed by atoms with E-state index in [1.54, 1.807) is 0 Å². The molecule has 0 radical (unpaired) electrons.